The van der Waals surface area contributed by atoms with Crippen molar-refractivity contribution in [2.75, 3.05) is 11.1 Å². The fourth-order valence-electron chi connectivity index (χ4n) is 1.61. The van der Waals surface area contributed by atoms with E-state index in [4.69, 9.17) is 10.8 Å². The molecular formula is C13H9BrF2N2O2. The maximum atomic E-state index is 13.6. The van der Waals surface area contributed by atoms with Crippen LogP contribution in [0.1, 0.15) is 10.4 Å². The van der Waals surface area contributed by atoms with E-state index in [0.29, 0.717) is 6.07 Å². The largest absolute Gasteiger partial charge is 0.478 e. The van der Waals surface area contributed by atoms with Gasteiger partial charge in [-0.2, -0.15) is 0 Å². The second-order valence-electron chi connectivity index (χ2n) is 3.98. The first-order chi connectivity index (χ1) is 9.38. The highest BCUT2D eigenvalue weighted by molar-refractivity contribution is 9.10. The van der Waals surface area contributed by atoms with E-state index in [9.17, 15) is 13.6 Å². The number of halogens is 3. The lowest BCUT2D eigenvalue weighted by Crippen LogP contribution is -2.05. The minimum Gasteiger partial charge on any atom is -0.478 e. The van der Waals surface area contributed by atoms with Crippen LogP contribution in [0.25, 0.3) is 0 Å². The molecule has 0 amide bonds. The molecule has 0 radical (unpaired) electrons. The molecule has 0 bridgehead atoms. The van der Waals surface area contributed by atoms with Gasteiger partial charge in [-0.1, -0.05) is 0 Å². The van der Waals surface area contributed by atoms with Gasteiger partial charge in [-0.15, -0.1) is 0 Å². The summed E-state index contributed by atoms with van der Waals surface area (Å²) < 4.78 is 26.8. The Labute approximate surface area is 121 Å². The topological polar surface area (TPSA) is 75.3 Å². The van der Waals surface area contributed by atoms with Crippen molar-refractivity contribution in [2.45, 2.75) is 0 Å². The maximum Gasteiger partial charge on any atom is 0.337 e. The van der Waals surface area contributed by atoms with Crippen LogP contribution in [0.2, 0.25) is 0 Å². The summed E-state index contributed by atoms with van der Waals surface area (Å²) in [7, 11) is 0. The molecule has 104 valence electrons. The number of aromatic carboxylic acids is 1. The molecule has 0 unspecified atom stereocenters. The average molecular weight is 343 g/mol. The van der Waals surface area contributed by atoms with Gasteiger partial charge in [0.25, 0.3) is 0 Å². The Morgan fingerprint density at radius 1 is 1.15 bits per heavy atom. The predicted octanol–water partition coefficient (Wildman–Crippen LogP) is 3.75. The van der Waals surface area contributed by atoms with Crippen molar-refractivity contribution < 1.29 is 18.7 Å². The monoisotopic (exact) mass is 342 g/mol. The van der Waals surface area contributed by atoms with Crippen molar-refractivity contribution in [3.05, 3.63) is 52.0 Å². The fourth-order valence-corrected chi connectivity index (χ4v) is 1.95. The number of hydrogen-bond acceptors (Lipinski definition) is 3. The molecule has 0 spiro atoms. The first-order valence-corrected chi connectivity index (χ1v) is 6.22. The van der Waals surface area contributed by atoms with Crippen LogP contribution in [0.5, 0.6) is 0 Å². The minimum absolute atomic E-state index is 0.0504. The van der Waals surface area contributed by atoms with E-state index in [1.807, 2.05) is 0 Å². The molecule has 7 heteroatoms. The van der Waals surface area contributed by atoms with E-state index in [2.05, 4.69) is 21.2 Å². The highest BCUT2D eigenvalue weighted by Gasteiger charge is 2.14. The summed E-state index contributed by atoms with van der Waals surface area (Å²) in [6, 6.07) is 6.03. The molecule has 0 aliphatic rings. The number of nitrogen functional groups attached to an aromatic ring is 1. The van der Waals surface area contributed by atoms with Crippen LogP contribution < -0.4 is 11.1 Å². The standard InChI is InChI=1S/C13H9BrF2N2O2/c14-8-4-12(10(16)5-9(8)15)18-11-2-1-6(17)3-7(11)13(19)20/h1-5,18H,17H2,(H,19,20). The van der Waals surface area contributed by atoms with Crippen LogP contribution in [0.4, 0.5) is 25.8 Å². The lowest BCUT2D eigenvalue weighted by Gasteiger charge is -2.11. The van der Waals surface area contributed by atoms with Crippen molar-refractivity contribution in [3.8, 4) is 0 Å². The van der Waals surface area contributed by atoms with Crippen LogP contribution >= 0.6 is 15.9 Å². The van der Waals surface area contributed by atoms with E-state index < -0.39 is 17.6 Å². The molecule has 2 aromatic carbocycles. The molecule has 0 saturated heterocycles. The van der Waals surface area contributed by atoms with Crippen LogP contribution in [0, 0.1) is 11.6 Å². The van der Waals surface area contributed by atoms with Gasteiger partial charge in [0.05, 0.1) is 21.4 Å². The van der Waals surface area contributed by atoms with E-state index in [0.717, 1.165) is 0 Å². The van der Waals surface area contributed by atoms with Crippen LogP contribution in [-0.4, -0.2) is 11.1 Å². The zero-order valence-electron chi connectivity index (χ0n) is 9.95. The third-order valence-electron chi connectivity index (χ3n) is 2.55. The van der Waals surface area contributed by atoms with Crippen molar-refractivity contribution in [1.29, 1.82) is 0 Å². The second-order valence-corrected chi connectivity index (χ2v) is 4.84. The van der Waals surface area contributed by atoms with Gasteiger partial charge in [0.15, 0.2) is 0 Å². The number of nitrogens with two attached hydrogens (primary N) is 1. The van der Waals surface area contributed by atoms with Gasteiger partial charge in [0.2, 0.25) is 0 Å². The molecule has 0 aliphatic carbocycles. The van der Waals surface area contributed by atoms with Crippen molar-refractivity contribution in [3.63, 3.8) is 0 Å². The van der Waals surface area contributed by atoms with Gasteiger partial charge in [0, 0.05) is 11.8 Å². The van der Waals surface area contributed by atoms with Gasteiger partial charge >= 0.3 is 5.97 Å². The van der Waals surface area contributed by atoms with Gasteiger partial charge in [-0.25, -0.2) is 13.6 Å². The number of anilines is 3. The van der Waals surface area contributed by atoms with E-state index in [1.165, 1.54) is 24.3 Å². The average Bonchev–Trinajstić information content (AvgIpc) is 2.37. The smallest absolute Gasteiger partial charge is 0.337 e. The number of hydrogen-bond donors (Lipinski definition) is 3. The van der Waals surface area contributed by atoms with Crippen molar-refractivity contribution >= 4 is 39.0 Å². The summed E-state index contributed by atoms with van der Waals surface area (Å²) in [6.45, 7) is 0. The normalized spacial score (nSPS) is 10.3. The predicted molar refractivity (Wildman–Crippen MR) is 75.2 cm³/mol. The molecule has 2 aromatic rings. The van der Waals surface area contributed by atoms with Crippen molar-refractivity contribution in [1.82, 2.24) is 0 Å². The zero-order chi connectivity index (χ0) is 14.9. The number of nitrogens with one attached hydrogen (secondary N) is 1. The Kier molecular flexibility index (Phi) is 3.89. The molecule has 0 aromatic heterocycles. The lowest BCUT2D eigenvalue weighted by atomic mass is 10.1. The Morgan fingerprint density at radius 2 is 1.85 bits per heavy atom. The second kappa shape index (κ2) is 5.46. The van der Waals surface area contributed by atoms with E-state index in [1.54, 1.807) is 0 Å². The van der Waals surface area contributed by atoms with Crippen LogP contribution in [0.3, 0.4) is 0 Å². The van der Waals surface area contributed by atoms with E-state index >= 15 is 0 Å². The fraction of sp³-hybridized carbons (Fsp3) is 0. The highest BCUT2D eigenvalue weighted by atomic mass is 79.9. The maximum absolute atomic E-state index is 13.6. The van der Waals surface area contributed by atoms with E-state index in [-0.39, 0.29) is 27.1 Å². The third kappa shape index (κ3) is 2.88. The molecule has 0 fully saturated rings. The third-order valence-corrected chi connectivity index (χ3v) is 3.16. The molecule has 0 aliphatic heterocycles. The Bertz CT molecular complexity index is 692. The van der Waals surface area contributed by atoms with Crippen molar-refractivity contribution in [2.24, 2.45) is 0 Å². The van der Waals surface area contributed by atoms with Gasteiger partial charge in [0.1, 0.15) is 11.6 Å². The highest BCUT2D eigenvalue weighted by Crippen LogP contribution is 2.28. The summed E-state index contributed by atoms with van der Waals surface area (Å²) in [4.78, 5) is 11.1. The summed E-state index contributed by atoms with van der Waals surface area (Å²) in [5.74, 6) is -2.79. The zero-order valence-corrected chi connectivity index (χ0v) is 11.5. The van der Waals surface area contributed by atoms with Gasteiger partial charge in [-0.05, 0) is 40.2 Å². The molecular weight excluding hydrogens is 334 g/mol. The molecule has 4 nitrogen and oxygen atoms in total. The molecule has 0 heterocycles. The minimum atomic E-state index is -1.21. The number of carboxylic acids is 1. The summed E-state index contributed by atoms with van der Waals surface area (Å²) in [5, 5.41) is 11.7. The Balaban J connectivity index is 2.45. The molecule has 0 saturated carbocycles. The van der Waals surface area contributed by atoms with Gasteiger partial charge in [-0.3, -0.25) is 0 Å². The summed E-state index contributed by atoms with van der Waals surface area (Å²) >= 11 is 2.93. The first kappa shape index (κ1) is 14.3. The molecule has 0 atom stereocenters. The summed E-state index contributed by atoms with van der Waals surface area (Å²) in [5.41, 5.74) is 5.78. The molecule has 4 N–H and O–H groups in total. The Hall–Kier alpha value is -2.15. The van der Waals surface area contributed by atoms with Crippen LogP contribution in [0.15, 0.2) is 34.8 Å². The number of benzene rings is 2. The quantitative estimate of drug-likeness (QED) is 0.586. The van der Waals surface area contributed by atoms with Gasteiger partial charge < -0.3 is 16.2 Å². The lowest BCUT2D eigenvalue weighted by molar-refractivity contribution is 0.0698. The number of carbonyl (C=O) groups is 1. The number of rotatable bonds is 3. The summed E-state index contributed by atoms with van der Waals surface area (Å²) in [6.07, 6.45) is 0. The molecule has 2 rings (SSSR count). The number of carboxylic acid groups (broad SMARTS) is 1. The Morgan fingerprint density at radius 3 is 2.50 bits per heavy atom. The molecule has 20 heavy (non-hydrogen) atoms. The SMILES string of the molecule is Nc1ccc(Nc2cc(Br)c(F)cc2F)c(C(=O)O)c1. The van der Waals surface area contributed by atoms with Crippen LogP contribution in [-0.2, 0) is 0 Å². The first-order valence-electron chi connectivity index (χ1n) is 5.43.